The highest BCUT2D eigenvalue weighted by molar-refractivity contribution is 7.80. The average Bonchev–Trinajstić information content (AvgIpc) is 3.09. The maximum absolute atomic E-state index is 10.9. The minimum absolute atomic E-state index is 0.0209. The topological polar surface area (TPSA) is 134 Å². The predicted molar refractivity (Wildman–Crippen MR) is 208 cm³/mol. The summed E-state index contributed by atoms with van der Waals surface area (Å²) < 4.78 is 5.96. The summed E-state index contributed by atoms with van der Waals surface area (Å²) >= 11 is 5.51. The normalized spacial score (nSPS) is 21.5. The Morgan fingerprint density at radius 3 is 1.65 bits per heavy atom. The van der Waals surface area contributed by atoms with Crippen LogP contribution in [0.3, 0.4) is 0 Å². The highest BCUT2D eigenvalue weighted by Gasteiger charge is 2.33. The van der Waals surface area contributed by atoms with Crippen LogP contribution in [0.5, 0.6) is 0 Å². The van der Waals surface area contributed by atoms with E-state index in [9.17, 15) is 25.5 Å². The van der Waals surface area contributed by atoms with Crippen molar-refractivity contribution in [3.05, 3.63) is 12.2 Å². The molecule has 0 aromatic carbocycles. The Morgan fingerprint density at radius 1 is 0.714 bits per heavy atom. The Balaban J connectivity index is 2.09. The molecule has 0 aromatic heterocycles. The van der Waals surface area contributed by atoms with Crippen molar-refractivity contribution in [2.45, 2.75) is 223 Å². The molecule has 0 heterocycles. The van der Waals surface area contributed by atoms with Gasteiger partial charge in [-0.1, -0.05) is 161 Å². The van der Waals surface area contributed by atoms with Gasteiger partial charge in [-0.2, -0.15) is 0 Å². The number of unbranched alkanes of at least 4 members (excludes halogenated alkanes) is 21. The third-order valence-corrected chi connectivity index (χ3v) is 10.4. The van der Waals surface area contributed by atoms with Gasteiger partial charge in [0.1, 0.15) is 18.3 Å². The zero-order chi connectivity index (χ0) is 36.0. The van der Waals surface area contributed by atoms with E-state index in [-0.39, 0.29) is 13.0 Å². The lowest BCUT2D eigenvalue weighted by atomic mass is 9.96. The molecule has 0 radical (unpaired) electrons. The summed E-state index contributed by atoms with van der Waals surface area (Å²) in [7, 11) is 0. The van der Waals surface area contributed by atoms with Gasteiger partial charge in [-0.25, -0.2) is 0 Å². The molecule has 0 aromatic rings. The van der Waals surface area contributed by atoms with Crippen LogP contribution in [-0.4, -0.2) is 86.5 Å². The highest BCUT2D eigenvalue weighted by atomic mass is 32.1. The second-order valence-corrected chi connectivity index (χ2v) is 15.1. The van der Waals surface area contributed by atoms with Crippen LogP contribution in [-0.2, 0) is 4.74 Å². The van der Waals surface area contributed by atoms with E-state index in [0.717, 1.165) is 19.4 Å². The molecular formula is C40H78N2O6S. The van der Waals surface area contributed by atoms with E-state index < -0.39 is 42.7 Å². The fourth-order valence-corrected chi connectivity index (χ4v) is 6.88. The van der Waals surface area contributed by atoms with Crippen LogP contribution in [0.1, 0.15) is 181 Å². The Kier molecular flexibility index (Phi) is 30.1. The highest BCUT2D eigenvalue weighted by Crippen LogP contribution is 2.19. The van der Waals surface area contributed by atoms with Crippen molar-refractivity contribution in [3.8, 4) is 0 Å². The maximum Gasteiger partial charge on any atom is 0.166 e. The molecule has 0 spiro atoms. The zero-order valence-electron chi connectivity index (χ0n) is 31.5. The van der Waals surface area contributed by atoms with Crippen LogP contribution in [0.15, 0.2) is 12.2 Å². The number of aliphatic hydroxyl groups excluding tert-OH is 5. The average molecular weight is 715 g/mol. The Morgan fingerprint density at radius 2 is 1.18 bits per heavy atom. The third kappa shape index (κ3) is 24.9. The van der Waals surface area contributed by atoms with E-state index in [1.165, 1.54) is 134 Å². The Labute approximate surface area is 306 Å². The molecule has 7 N–H and O–H groups in total. The predicted octanol–water partition coefficient (Wildman–Crippen LogP) is 7.76. The van der Waals surface area contributed by atoms with Gasteiger partial charge in [-0.15, -0.1) is 0 Å². The van der Waals surface area contributed by atoms with Crippen molar-refractivity contribution >= 4 is 17.3 Å². The summed E-state index contributed by atoms with van der Waals surface area (Å²) in [5, 5.41) is 58.5. The number of thiocarbonyl (C=S) groups is 1. The van der Waals surface area contributed by atoms with E-state index in [4.69, 9.17) is 17.0 Å². The molecule has 0 aliphatic heterocycles. The van der Waals surface area contributed by atoms with Gasteiger partial charge in [-0.3, -0.25) is 0 Å². The van der Waals surface area contributed by atoms with Crippen LogP contribution in [0.4, 0.5) is 0 Å². The van der Waals surface area contributed by atoms with Crippen molar-refractivity contribution in [1.29, 1.82) is 0 Å². The molecule has 7 atom stereocenters. The molecule has 0 saturated carbocycles. The molecule has 1 rings (SSSR count). The lowest BCUT2D eigenvalue weighted by Crippen LogP contribution is -2.52. The smallest absolute Gasteiger partial charge is 0.166 e. The molecule has 0 bridgehead atoms. The van der Waals surface area contributed by atoms with E-state index in [0.29, 0.717) is 24.4 Å². The fraction of sp³-hybridized carbons (Fsp3) is 0.925. The van der Waals surface area contributed by atoms with Gasteiger partial charge in [0, 0.05) is 13.0 Å². The van der Waals surface area contributed by atoms with Crippen molar-refractivity contribution in [2.24, 2.45) is 0 Å². The molecular weight excluding hydrogens is 637 g/mol. The molecule has 0 amide bonds. The van der Waals surface area contributed by atoms with Crippen LogP contribution >= 0.6 is 12.2 Å². The zero-order valence-corrected chi connectivity index (χ0v) is 32.4. The first-order valence-electron chi connectivity index (χ1n) is 20.5. The second kappa shape index (κ2) is 31.9. The van der Waals surface area contributed by atoms with Crippen LogP contribution < -0.4 is 10.6 Å². The van der Waals surface area contributed by atoms with Gasteiger partial charge in [0.25, 0.3) is 0 Å². The number of hydrogen-bond donors (Lipinski definition) is 7. The minimum Gasteiger partial charge on any atom is -0.393 e. The lowest BCUT2D eigenvalue weighted by Gasteiger charge is -2.33. The molecule has 0 saturated heterocycles. The van der Waals surface area contributed by atoms with Crippen molar-refractivity contribution < 1.29 is 30.3 Å². The molecule has 1 aliphatic carbocycles. The van der Waals surface area contributed by atoms with Gasteiger partial charge < -0.3 is 40.9 Å². The SMILES string of the molecule is CCCCCCCCCCCCCCCCCCCCCCCCNC(=S)NC(COC1CCC=CC(O)C(O)C1O)C(O)CC(O)CC. The van der Waals surface area contributed by atoms with Crippen molar-refractivity contribution in [1.82, 2.24) is 10.6 Å². The largest absolute Gasteiger partial charge is 0.393 e. The van der Waals surface area contributed by atoms with E-state index in [2.05, 4.69) is 17.6 Å². The first-order chi connectivity index (χ1) is 23.8. The Hall–Kier alpha value is -0.810. The number of nitrogens with one attached hydrogen (secondary N) is 2. The van der Waals surface area contributed by atoms with E-state index in [1.807, 2.05) is 6.92 Å². The summed E-state index contributed by atoms with van der Waals surface area (Å²) in [6, 6.07) is -0.610. The summed E-state index contributed by atoms with van der Waals surface area (Å²) in [5.41, 5.74) is 0. The standard InChI is InChI=1S/C40H78N2O6S/c1-3-5-6-7-8-9-10-11-12-13-14-15-16-17-18-19-20-21-22-23-24-27-30-41-40(49)42-34(36(45)31-33(43)4-2)32-48-37-29-26-25-28-35(44)38(46)39(37)47/h25,28,33-39,43-47H,3-24,26-27,29-32H2,1-2H3,(H2,41,42,49). The maximum atomic E-state index is 10.9. The summed E-state index contributed by atoms with van der Waals surface area (Å²) in [6.07, 6.45) is 28.9. The third-order valence-electron chi connectivity index (χ3n) is 10.1. The van der Waals surface area contributed by atoms with Crippen LogP contribution in [0.25, 0.3) is 0 Å². The molecule has 1 aliphatic rings. The van der Waals surface area contributed by atoms with Crippen molar-refractivity contribution in [2.75, 3.05) is 13.2 Å². The lowest BCUT2D eigenvalue weighted by molar-refractivity contribution is -0.124. The van der Waals surface area contributed by atoms with Crippen LogP contribution in [0, 0.1) is 0 Å². The number of aliphatic hydroxyl groups is 5. The summed E-state index contributed by atoms with van der Waals surface area (Å²) in [6.45, 7) is 4.90. The summed E-state index contributed by atoms with van der Waals surface area (Å²) in [4.78, 5) is 0. The van der Waals surface area contributed by atoms with Gasteiger partial charge in [0.2, 0.25) is 0 Å². The first kappa shape index (κ1) is 46.2. The molecule has 7 unspecified atom stereocenters. The van der Waals surface area contributed by atoms with Gasteiger partial charge in [0.15, 0.2) is 5.11 Å². The molecule has 0 fully saturated rings. The molecule has 49 heavy (non-hydrogen) atoms. The van der Waals surface area contributed by atoms with Gasteiger partial charge >= 0.3 is 0 Å². The van der Waals surface area contributed by atoms with Crippen LogP contribution in [0.2, 0.25) is 0 Å². The molecule has 9 heteroatoms. The van der Waals surface area contributed by atoms with Crippen molar-refractivity contribution in [3.63, 3.8) is 0 Å². The Bertz CT molecular complexity index is 790. The second-order valence-electron chi connectivity index (χ2n) is 14.6. The molecule has 8 nitrogen and oxygen atoms in total. The summed E-state index contributed by atoms with van der Waals surface area (Å²) in [5.74, 6) is 0. The fourth-order valence-electron chi connectivity index (χ4n) is 6.63. The number of allylic oxidation sites excluding steroid dienone is 1. The first-order valence-corrected chi connectivity index (χ1v) is 20.9. The van der Waals surface area contributed by atoms with Gasteiger partial charge in [-0.05, 0) is 37.9 Å². The monoisotopic (exact) mass is 715 g/mol. The quantitative estimate of drug-likeness (QED) is 0.0219. The minimum atomic E-state index is -1.36. The number of hydrogen-bond acceptors (Lipinski definition) is 7. The van der Waals surface area contributed by atoms with Gasteiger partial charge in [0.05, 0.1) is 31.0 Å². The van der Waals surface area contributed by atoms with E-state index >= 15 is 0 Å². The number of ether oxygens (including phenoxy) is 1. The molecule has 290 valence electrons. The van der Waals surface area contributed by atoms with E-state index in [1.54, 1.807) is 6.08 Å². The number of rotatable bonds is 31.